The van der Waals surface area contributed by atoms with Gasteiger partial charge in [0.05, 0.1) is 11.7 Å². The number of hydrogen-bond donors (Lipinski definition) is 1. The normalized spacial score (nSPS) is 15.4. The van der Waals surface area contributed by atoms with Gasteiger partial charge in [0, 0.05) is 25.2 Å². The molecule has 0 saturated carbocycles. The molecule has 0 radical (unpaired) electrons. The van der Waals surface area contributed by atoms with Crippen LogP contribution in [0.1, 0.15) is 35.7 Å². The lowest BCUT2D eigenvalue weighted by Crippen LogP contribution is -2.44. The lowest BCUT2D eigenvalue weighted by Gasteiger charge is -2.31. The van der Waals surface area contributed by atoms with E-state index in [1.165, 1.54) is 0 Å². The van der Waals surface area contributed by atoms with Gasteiger partial charge < -0.3 is 15.0 Å². The van der Waals surface area contributed by atoms with Gasteiger partial charge in [-0.1, -0.05) is 49.1 Å². The van der Waals surface area contributed by atoms with Crippen LogP contribution in [-0.2, 0) is 9.53 Å². The molecule has 6 nitrogen and oxygen atoms in total. The zero-order valence-corrected chi connectivity index (χ0v) is 16.7. The maximum Gasteiger partial charge on any atom is 0.410 e. The number of nitrogens with one attached hydrogen (secondary N) is 1. The first kappa shape index (κ1) is 20.6. The molecule has 0 aliphatic carbocycles. The van der Waals surface area contributed by atoms with Crippen molar-refractivity contribution in [2.75, 3.05) is 19.7 Å². The average Bonchev–Trinajstić information content (AvgIpc) is 2.77. The van der Waals surface area contributed by atoms with Crippen molar-refractivity contribution in [1.29, 1.82) is 0 Å². The van der Waals surface area contributed by atoms with E-state index in [1.54, 1.807) is 17.2 Å². The molecule has 2 aromatic rings. The first-order valence-corrected chi connectivity index (χ1v) is 9.89. The molecular formula is C23H27N3O3. The molecule has 6 heteroatoms. The first-order chi connectivity index (χ1) is 14.1. The highest BCUT2D eigenvalue weighted by atomic mass is 16.6. The minimum absolute atomic E-state index is 0.0111. The van der Waals surface area contributed by atoms with Gasteiger partial charge in [-0.05, 0) is 37.0 Å². The third-order valence-electron chi connectivity index (χ3n) is 5.19. The van der Waals surface area contributed by atoms with E-state index in [-0.39, 0.29) is 30.6 Å². The second-order valence-corrected chi connectivity index (χ2v) is 7.18. The third-order valence-corrected chi connectivity index (χ3v) is 5.19. The largest absolute Gasteiger partial charge is 0.445 e. The topological polar surface area (TPSA) is 71.5 Å². The lowest BCUT2D eigenvalue weighted by molar-refractivity contribution is -0.126. The van der Waals surface area contributed by atoms with E-state index in [9.17, 15) is 9.59 Å². The maximum atomic E-state index is 13.0. The standard InChI is InChI=1S/C23H27N3O3/c1-3-16-29-23(28)26-14-11-19(12-15-26)22(27)25-21(18-9-5-4-6-10-18)20-17(2)8-7-13-24-20/h3-10,13,19,21H,1,11-12,14-16H2,2H3,(H,25,27). The van der Waals surface area contributed by atoms with Gasteiger partial charge >= 0.3 is 6.09 Å². The molecule has 1 aliphatic rings. The molecule has 3 rings (SSSR count). The summed E-state index contributed by atoms with van der Waals surface area (Å²) in [5.41, 5.74) is 2.87. The van der Waals surface area contributed by atoms with Crippen LogP contribution < -0.4 is 5.32 Å². The van der Waals surface area contributed by atoms with Crippen LogP contribution in [0.2, 0.25) is 0 Å². The van der Waals surface area contributed by atoms with Crippen molar-refractivity contribution in [2.45, 2.75) is 25.8 Å². The molecular weight excluding hydrogens is 366 g/mol. The molecule has 1 saturated heterocycles. The van der Waals surface area contributed by atoms with Crippen molar-refractivity contribution >= 4 is 12.0 Å². The smallest absolute Gasteiger partial charge is 0.410 e. The summed E-state index contributed by atoms with van der Waals surface area (Å²) in [4.78, 5) is 31.2. The Morgan fingerprint density at radius 2 is 1.97 bits per heavy atom. The summed E-state index contributed by atoms with van der Waals surface area (Å²) >= 11 is 0. The average molecular weight is 393 g/mol. The molecule has 2 heterocycles. The van der Waals surface area contributed by atoms with E-state index >= 15 is 0 Å². The predicted molar refractivity (Wildman–Crippen MR) is 111 cm³/mol. The highest BCUT2D eigenvalue weighted by Crippen LogP contribution is 2.25. The number of piperidine rings is 1. The van der Waals surface area contributed by atoms with Gasteiger partial charge in [-0.25, -0.2) is 4.79 Å². The van der Waals surface area contributed by atoms with Crippen LogP contribution in [0.15, 0.2) is 61.3 Å². The third kappa shape index (κ3) is 5.22. The Bertz CT molecular complexity index is 845. The maximum absolute atomic E-state index is 13.0. The number of ether oxygens (including phenoxy) is 1. The Labute approximate surface area is 171 Å². The van der Waals surface area contributed by atoms with Gasteiger partial charge in [0.15, 0.2) is 0 Å². The zero-order valence-electron chi connectivity index (χ0n) is 16.7. The second kappa shape index (κ2) is 9.87. The molecule has 1 fully saturated rings. The molecule has 1 atom stereocenters. The van der Waals surface area contributed by atoms with E-state index in [4.69, 9.17) is 4.74 Å². The van der Waals surface area contributed by atoms with Crippen LogP contribution >= 0.6 is 0 Å². The quantitative estimate of drug-likeness (QED) is 0.761. The monoisotopic (exact) mass is 393 g/mol. The number of rotatable bonds is 6. The number of carbonyl (C=O) groups excluding carboxylic acids is 2. The first-order valence-electron chi connectivity index (χ1n) is 9.89. The fourth-order valence-electron chi connectivity index (χ4n) is 3.56. The van der Waals surface area contributed by atoms with Crippen LogP contribution in [0, 0.1) is 12.8 Å². The number of hydrogen-bond acceptors (Lipinski definition) is 4. The van der Waals surface area contributed by atoms with E-state index in [0.29, 0.717) is 25.9 Å². The zero-order chi connectivity index (χ0) is 20.6. The van der Waals surface area contributed by atoms with Crippen molar-refractivity contribution in [1.82, 2.24) is 15.2 Å². The van der Waals surface area contributed by atoms with Crippen LogP contribution in [0.3, 0.4) is 0 Å². The lowest BCUT2D eigenvalue weighted by atomic mass is 9.94. The van der Waals surface area contributed by atoms with Gasteiger partial charge in [0.25, 0.3) is 0 Å². The molecule has 1 aromatic carbocycles. The molecule has 1 N–H and O–H groups in total. The Morgan fingerprint density at radius 1 is 1.24 bits per heavy atom. The molecule has 1 aliphatic heterocycles. The number of amides is 2. The Balaban J connectivity index is 1.68. The Morgan fingerprint density at radius 3 is 2.62 bits per heavy atom. The molecule has 0 bridgehead atoms. The number of nitrogens with zero attached hydrogens (tertiary/aromatic N) is 2. The molecule has 1 aromatic heterocycles. The Hall–Kier alpha value is -3.15. The molecule has 2 amide bonds. The number of benzene rings is 1. The molecule has 0 spiro atoms. The molecule has 29 heavy (non-hydrogen) atoms. The fourth-order valence-corrected chi connectivity index (χ4v) is 3.56. The van der Waals surface area contributed by atoms with E-state index in [2.05, 4.69) is 16.9 Å². The number of likely N-dealkylation sites (tertiary alicyclic amines) is 1. The van der Waals surface area contributed by atoms with Crippen LogP contribution in [0.5, 0.6) is 0 Å². The summed E-state index contributed by atoms with van der Waals surface area (Å²) in [6, 6.07) is 13.5. The summed E-state index contributed by atoms with van der Waals surface area (Å²) in [6.45, 7) is 6.75. The van der Waals surface area contributed by atoms with Crippen molar-refractivity contribution in [2.24, 2.45) is 5.92 Å². The molecule has 1 unspecified atom stereocenters. The highest BCUT2D eigenvalue weighted by molar-refractivity contribution is 5.80. The van der Waals surface area contributed by atoms with Gasteiger partial charge in [-0.3, -0.25) is 9.78 Å². The minimum atomic E-state index is -0.352. The Kier molecular flexibility index (Phi) is 7.00. The van der Waals surface area contributed by atoms with Gasteiger partial charge in [-0.15, -0.1) is 0 Å². The van der Waals surface area contributed by atoms with Crippen LogP contribution in [-0.4, -0.2) is 41.6 Å². The number of carbonyl (C=O) groups is 2. The van der Waals surface area contributed by atoms with Gasteiger partial charge in [0.2, 0.25) is 5.91 Å². The fraction of sp³-hybridized carbons (Fsp3) is 0.348. The summed E-state index contributed by atoms with van der Waals surface area (Å²) in [6.07, 6.45) is 4.16. The van der Waals surface area contributed by atoms with Crippen molar-refractivity contribution in [3.05, 3.63) is 78.1 Å². The summed E-state index contributed by atoms with van der Waals surface area (Å²) < 4.78 is 5.08. The predicted octanol–water partition coefficient (Wildman–Crippen LogP) is 3.63. The van der Waals surface area contributed by atoms with Gasteiger partial charge in [-0.2, -0.15) is 0 Å². The summed E-state index contributed by atoms with van der Waals surface area (Å²) in [5.74, 6) is -0.156. The second-order valence-electron chi connectivity index (χ2n) is 7.18. The van der Waals surface area contributed by atoms with Crippen LogP contribution in [0.25, 0.3) is 0 Å². The van der Waals surface area contributed by atoms with E-state index in [0.717, 1.165) is 16.8 Å². The van der Waals surface area contributed by atoms with Crippen LogP contribution in [0.4, 0.5) is 4.79 Å². The van der Waals surface area contributed by atoms with Crippen molar-refractivity contribution < 1.29 is 14.3 Å². The van der Waals surface area contributed by atoms with Gasteiger partial charge in [0.1, 0.15) is 6.61 Å². The number of aromatic nitrogens is 1. The van der Waals surface area contributed by atoms with E-state index in [1.807, 2.05) is 49.4 Å². The van der Waals surface area contributed by atoms with E-state index < -0.39 is 0 Å². The number of pyridine rings is 1. The van der Waals surface area contributed by atoms with Crippen molar-refractivity contribution in [3.63, 3.8) is 0 Å². The summed E-state index contributed by atoms with van der Waals surface area (Å²) in [5, 5.41) is 3.19. The summed E-state index contributed by atoms with van der Waals surface area (Å²) in [7, 11) is 0. The minimum Gasteiger partial charge on any atom is -0.445 e. The van der Waals surface area contributed by atoms with Crippen molar-refractivity contribution in [3.8, 4) is 0 Å². The number of aryl methyl sites for hydroxylation is 1. The highest BCUT2D eigenvalue weighted by Gasteiger charge is 2.30. The SMILES string of the molecule is C=CCOC(=O)N1CCC(C(=O)NC(c2ccccc2)c2ncccc2C)CC1. The molecule has 152 valence electrons.